The van der Waals surface area contributed by atoms with Gasteiger partial charge in [0.05, 0.1) is 17.0 Å². The lowest BCUT2D eigenvalue weighted by Crippen LogP contribution is -2.31. The van der Waals surface area contributed by atoms with Crippen molar-refractivity contribution in [3.63, 3.8) is 0 Å². The molecule has 0 fully saturated rings. The van der Waals surface area contributed by atoms with Crippen molar-refractivity contribution in [2.24, 2.45) is 0 Å². The summed E-state index contributed by atoms with van der Waals surface area (Å²) in [7, 11) is 0. The van der Waals surface area contributed by atoms with Crippen LogP contribution in [0, 0.1) is 5.82 Å². The highest BCUT2D eigenvalue weighted by Crippen LogP contribution is 2.26. The van der Waals surface area contributed by atoms with Crippen LogP contribution in [0.25, 0.3) is 22.8 Å². The first-order valence-corrected chi connectivity index (χ1v) is 7.44. The van der Waals surface area contributed by atoms with Gasteiger partial charge in [-0.2, -0.15) is 0 Å². The van der Waals surface area contributed by atoms with Crippen molar-refractivity contribution in [3.05, 3.63) is 53.6 Å². The van der Waals surface area contributed by atoms with E-state index < -0.39 is 11.6 Å². The Morgan fingerprint density at radius 3 is 2.88 bits per heavy atom. The molecule has 1 aliphatic heterocycles. The topological polar surface area (TPSA) is 90.9 Å². The van der Waals surface area contributed by atoms with Crippen molar-refractivity contribution in [1.82, 2.24) is 20.3 Å². The number of aromatic nitrogens is 3. The zero-order chi connectivity index (χ0) is 16.7. The third-order valence-corrected chi connectivity index (χ3v) is 3.94. The Hall–Kier alpha value is -3.22. The summed E-state index contributed by atoms with van der Waals surface area (Å²) in [6, 6.07) is 7.47. The third-order valence-electron chi connectivity index (χ3n) is 3.94. The van der Waals surface area contributed by atoms with E-state index in [1.807, 2.05) is 0 Å². The number of fused-ring (bicyclic) bond motifs is 1. The Balaban J connectivity index is 1.75. The number of phenolic OH excluding ortho intramolecular Hbond substituents is 1. The van der Waals surface area contributed by atoms with Crippen molar-refractivity contribution in [2.75, 3.05) is 6.54 Å². The first kappa shape index (κ1) is 14.4. The summed E-state index contributed by atoms with van der Waals surface area (Å²) in [6.45, 7) is 0.605. The van der Waals surface area contributed by atoms with Crippen LogP contribution in [0.3, 0.4) is 0 Å². The Morgan fingerprint density at radius 2 is 2.08 bits per heavy atom. The SMILES string of the molecule is O=C1NCCc2[nH]c(-c3ccnc(-c4ccc(O)c(F)c4)n3)cc21. The molecule has 0 atom stereocenters. The van der Waals surface area contributed by atoms with Crippen molar-refractivity contribution in [3.8, 4) is 28.5 Å². The van der Waals surface area contributed by atoms with Crippen LogP contribution in [0.15, 0.2) is 36.5 Å². The monoisotopic (exact) mass is 324 g/mol. The fourth-order valence-electron chi connectivity index (χ4n) is 2.73. The number of aromatic hydroxyl groups is 1. The number of aromatic amines is 1. The molecule has 24 heavy (non-hydrogen) atoms. The molecule has 3 N–H and O–H groups in total. The molecule has 1 aromatic carbocycles. The average molecular weight is 324 g/mol. The lowest BCUT2D eigenvalue weighted by atomic mass is 10.1. The number of carbonyl (C=O) groups is 1. The van der Waals surface area contributed by atoms with Crippen LogP contribution in [0.5, 0.6) is 5.75 Å². The van der Waals surface area contributed by atoms with Gasteiger partial charge in [-0.15, -0.1) is 0 Å². The number of benzene rings is 1. The van der Waals surface area contributed by atoms with E-state index in [0.717, 1.165) is 12.1 Å². The van der Waals surface area contributed by atoms with Crippen molar-refractivity contribution in [1.29, 1.82) is 0 Å². The molecule has 3 aromatic rings. The molecule has 2 aromatic heterocycles. The number of amides is 1. The highest BCUT2D eigenvalue weighted by molar-refractivity contribution is 5.97. The van der Waals surface area contributed by atoms with Crippen LogP contribution in [0.2, 0.25) is 0 Å². The van der Waals surface area contributed by atoms with Crippen molar-refractivity contribution >= 4 is 5.91 Å². The molecule has 0 saturated carbocycles. The number of nitrogens with zero attached hydrogens (tertiary/aromatic N) is 2. The zero-order valence-electron chi connectivity index (χ0n) is 12.5. The Labute approximate surface area is 136 Å². The molecule has 3 heterocycles. The first-order chi connectivity index (χ1) is 11.6. The minimum atomic E-state index is -0.728. The molecule has 0 radical (unpaired) electrons. The Kier molecular flexibility index (Phi) is 3.26. The maximum Gasteiger partial charge on any atom is 0.253 e. The molecule has 1 aliphatic rings. The smallest absolute Gasteiger partial charge is 0.253 e. The molecule has 0 aliphatic carbocycles. The molecule has 1 amide bonds. The standard InChI is InChI=1S/C17H13FN4O2/c18-11-7-9(1-2-15(11)23)16-19-5-4-13(22-16)14-8-10-12(21-14)3-6-20-17(10)24/h1-2,4-5,7-8,21,23H,3,6H2,(H,20,24). The number of rotatable bonds is 2. The summed E-state index contributed by atoms with van der Waals surface area (Å²) in [5.74, 6) is -0.913. The number of hydrogen-bond donors (Lipinski definition) is 3. The molecule has 0 unspecified atom stereocenters. The van der Waals surface area contributed by atoms with E-state index in [9.17, 15) is 14.3 Å². The van der Waals surface area contributed by atoms with Gasteiger partial charge in [0.2, 0.25) is 0 Å². The van der Waals surface area contributed by atoms with E-state index in [0.29, 0.717) is 34.9 Å². The van der Waals surface area contributed by atoms with E-state index in [2.05, 4.69) is 20.3 Å². The van der Waals surface area contributed by atoms with Gasteiger partial charge in [0.1, 0.15) is 0 Å². The number of phenols is 1. The predicted molar refractivity (Wildman–Crippen MR) is 84.9 cm³/mol. The van der Waals surface area contributed by atoms with E-state index in [1.54, 1.807) is 24.4 Å². The van der Waals surface area contributed by atoms with Crippen molar-refractivity contribution in [2.45, 2.75) is 6.42 Å². The van der Waals surface area contributed by atoms with Crippen LogP contribution in [0.4, 0.5) is 4.39 Å². The summed E-state index contributed by atoms with van der Waals surface area (Å²) in [5, 5.41) is 12.1. The van der Waals surface area contributed by atoms with Gasteiger partial charge in [0, 0.05) is 30.4 Å². The van der Waals surface area contributed by atoms with E-state index in [4.69, 9.17) is 0 Å². The number of hydrogen-bond acceptors (Lipinski definition) is 4. The molecule has 0 saturated heterocycles. The van der Waals surface area contributed by atoms with Crippen LogP contribution in [-0.4, -0.2) is 32.5 Å². The maximum atomic E-state index is 13.5. The van der Waals surface area contributed by atoms with Gasteiger partial charge in [0.25, 0.3) is 5.91 Å². The predicted octanol–water partition coefficient (Wildman–Crippen LogP) is 2.27. The van der Waals surface area contributed by atoms with E-state index in [-0.39, 0.29) is 5.91 Å². The summed E-state index contributed by atoms with van der Waals surface area (Å²) >= 11 is 0. The number of carbonyl (C=O) groups excluding carboxylic acids is 1. The lowest BCUT2D eigenvalue weighted by molar-refractivity contribution is 0.0946. The molecule has 0 spiro atoms. The van der Waals surface area contributed by atoms with Gasteiger partial charge in [-0.25, -0.2) is 14.4 Å². The first-order valence-electron chi connectivity index (χ1n) is 7.44. The van der Waals surface area contributed by atoms with Crippen LogP contribution >= 0.6 is 0 Å². The second-order valence-electron chi connectivity index (χ2n) is 5.51. The van der Waals surface area contributed by atoms with Crippen molar-refractivity contribution < 1.29 is 14.3 Å². The summed E-state index contributed by atoms with van der Waals surface area (Å²) in [4.78, 5) is 23.7. The normalized spacial score (nSPS) is 13.5. The second kappa shape index (κ2) is 5.45. The van der Waals surface area contributed by atoms with Crippen LogP contribution < -0.4 is 5.32 Å². The van der Waals surface area contributed by atoms with Gasteiger partial charge in [-0.05, 0) is 30.3 Å². The maximum absolute atomic E-state index is 13.5. The van der Waals surface area contributed by atoms with Gasteiger partial charge in [-0.3, -0.25) is 4.79 Å². The largest absolute Gasteiger partial charge is 0.505 e. The lowest BCUT2D eigenvalue weighted by Gasteiger charge is -2.10. The second-order valence-corrected chi connectivity index (χ2v) is 5.51. The van der Waals surface area contributed by atoms with Crippen LogP contribution in [0.1, 0.15) is 16.1 Å². The molecule has 6 nitrogen and oxygen atoms in total. The van der Waals surface area contributed by atoms with Crippen LogP contribution in [-0.2, 0) is 6.42 Å². The number of H-pyrrole nitrogens is 1. The summed E-state index contributed by atoms with van der Waals surface area (Å²) in [6.07, 6.45) is 2.31. The summed E-state index contributed by atoms with van der Waals surface area (Å²) in [5.41, 5.74) is 3.27. The molecule has 0 bridgehead atoms. The molecule has 7 heteroatoms. The van der Waals surface area contributed by atoms with Gasteiger partial charge in [0.15, 0.2) is 17.4 Å². The molecule has 120 valence electrons. The summed E-state index contributed by atoms with van der Waals surface area (Å²) < 4.78 is 13.5. The fraction of sp³-hybridized carbons (Fsp3) is 0.118. The zero-order valence-corrected chi connectivity index (χ0v) is 12.5. The Bertz CT molecular complexity index is 952. The van der Waals surface area contributed by atoms with E-state index >= 15 is 0 Å². The average Bonchev–Trinajstić information content (AvgIpc) is 3.03. The van der Waals surface area contributed by atoms with E-state index in [1.165, 1.54) is 12.1 Å². The number of nitrogens with one attached hydrogen (secondary N) is 2. The fourth-order valence-corrected chi connectivity index (χ4v) is 2.73. The molecular weight excluding hydrogens is 311 g/mol. The Morgan fingerprint density at radius 1 is 1.21 bits per heavy atom. The van der Waals surface area contributed by atoms with Gasteiger partial charge >= 0.3 is 0 Å². The highest BCUT2D eigenvalue weighted by atomic mass is 19.1. The minimum absolute atomic E-state index is 0.103. The number of halogens is 1. The highest BCUT2D eigenvalue weighted by Gasteiger charge is 2.20. The minimum Gasteiger partial charge on any atom is -0.505 e. The third kappa shape index (κ3) is 2.40. The molecule has 4 rings (SSSR count). The molecular formula is C17H13FN4O2. The quantitative estimate of drug-likeness (QED) is 0.674. The van der Waals surface area contributed by atoms with Gasteiger partial charge in [-0.1, -0.05) is 0 Å². The van der Waals surface area contributed by atoms with Gasteiger partial charge < -0.3 is 15.4 Å².